The minimum absolute atomic E-state index is 0.00578. The molecule has 1 fully saturated rings. The Morgan fingerprint density at radius 2 is 1.87 bits per heavy atom. The highest BCUT2D eigenvalue weighted by Crippen LogP contribution is 2.32. The van der Waals surface area contributed by atoms with Gasteiger partial charge in [-0.05, 0) is 47.9 Å². The van der Waals surface area contributed by atoms with E-state index >= 15 is 0 Å². The molecule has 0 bridgehead atoms. The lowest BCUT2D eigenvalue weighted by molar-refractivity contribution is -0.126. The Morgan fingerprint density at radius 3 is 2.53 bits per heavy atom. The van der Waals surface area contributed by atoms with Gasteiger partial charge in [0.25, 0.3) is 0 Å². The standard InChI is InChI=1S/C22H24FN3O3S/c1-4-5-20-21(27)26(14-15-6-9-17(23)10-7-15)22(30-20)25-24-13-16-8-11-18(28-2)19(12-16)29-3/h6-13,20H,4-5,14H2,1-3H3/b24-13-,25-22+/t20-/m0/s1. The van der Waals surface area contributed by atoms with E-state index in [0.717, 1.165) is 24.0 Å². The smallest absolute Gasteiger partial charge is 0.242 e. The molecule has 0 unspecified atom stereocenters. The molecule has 30 heavy (non-hydrogen) atoms. The van der Waals surface area contributed by atoms with Gasteiger partial charge in [0.2, 0.25) is 5.91 Å². The van der Waals surface area contributed by atoms with Crippen LogP contribution in [0.2, 0.25) is 0 Å². The van der Waals surface area contributed by atoms with Gasteiger partial charge in [0, 0.05) is 0 Å². The lowest BCUT2D eigenvalue weighted by Crippen LogP contribution is -2.31. The largest absolute Gasteiger partial charge is 0.493 e. The van der Waals surface area contributed by atoms with Gasteiger partial charge in [-0.25, -0.2) is 4.39 Å². The molecule has 0 aliphatic carbocycles. The summed E-state index contributed by atoms with van der Waals surface area (Å²) in [6, 6.07) is 11.5. The maximum atomic E-state index is 13.2. The second-order valence-electron chi connectivity index (χ2n) is 6.69. The number of rotatable bonds is 8. The molecule has 3 rings (SSSR count). The number of thioether (sulfide) groups is 1. The minimum atomic E-state index is -0.307. The number of amidine groups is 1. The first-order valence-electron chi connectivity index (χ1n) is 9.61. The molecule has 1 aliphatic rings. The Kier molecular flexibility index (Phi) is 7.46. The van der Waals surface area contributed by atoms with Crippen LogP contribution in [0, 0.1) is 5.82 Å². The molecule has 0 radical (unpaired) electrons. The number of ether oxygens (including phenoxy) is 2. The second kappa shape index (κ2) is 10.2. The van der Waals surface area contributed by atoms with E-state index in [1.54, 1.807) is 49.6 Å². The average Bonchev–Trinajstić information content (AvgIpc) is 3.04. The molecule has 8 heteroatoms. The lowest BCUT2D eigenvalue weighted by Gasteiger charge is -2.15. The van der Waals surface area contributed by atoms with Crippen molar-refractivity contribution in [2.24, 2.45) is 10.2 Å². The number of halogens is 1. The number of methoxy groups -OCH3 is 2. The molecule has 0 aromatic heterocycles. The minimum Gasteiger partial charge on any atom is -0.493 e. The topological polar surface area (TPSA) is 63.5 Å². The number of carbonyl (C=O) groups is 1. The molecule has 1 heterocycles. The van der Waals surface area contributed by atoms with Crippen molar-refractivity contribution < 1.29 is 18.7 Å². The Morgan fingerprint density at radius 1 is 1.13 bits per heavy atom. The highest BCUT2D eigenvalue weighted by atomic mass is 32.2. The predicted molar refractivity (Wildman–Crippen MR) is 118 cm³/mol. The highest BCUT2D eigenvalue weighted by Gasteiger charge is 2.37. The molecule has 2 aromatic carbocycles. The molecular formula is C22H24FN3O3S. The van der Waals surface area contributed by atoms with Crippen molar-refractivity contribution >= 4 is 29.1 Å². The molecule has 2 aromatic rings. The Hall–Kier alpha value is -2.87. The maximum Gasteiger partial charge on any atom is 0.242 e. The first kappa shape index (κ1) is 21.8. The van der Waals surface area contributed by atoms with Gasteiger partial charge in [-0.1, -0.05) is 37.2 Å². The number of hydrogen-bond acceptors (Lipinski definition) is 6. The fraction of sp³-hybridized carbons (Fsp3) is 0.318. The summed E-state index contributed by atoms with van der Waals surface area (Å²) in [7, 11) is 3.15. The summed E-state index contributed by atoms with van der Waals surface area (Å²) in [5.74, 6) is 0.927. The summed E-state index contributed by atoms with van der Waals surface area (Å²) >= 11 is 1.42. The van der Waals surface area contributed by atoms with Crippen LogP contribution in [0.5, 0.6) is 11.5 Å². The van der Waals surface area contributed by atoms with Crippen LogP contribution >= 0.6 is 11.8 Å². The molecule has 1 aliphatic heterocycles. The number of nitrogens with zero attached hydrogens (tertiary/aromatic N) is 3. The molecule has 1 amide bonds. The van der Waals surface area contributed by atoms with E-state index in [2.05, 4.69) is 10.2 Å². The van der Waals surface area contributed by atoms with Crippen LogP contribution in [-0.2, 0) is 11.3 Å². The third-order valence-corrected chi connectivity index (χ3v) is 5.82. The van der Waals surface area contributed by atoms with E-state index in [-0.39, 0.29) is 17.0 Å². The van der Waals surface area contributed by atoms with E-state index in [4.69, 9.17) is 9.47 Å². The predicted octanol–water partition coefficient (Wildman–Crippen LogP) is 4.48. The van der Waals surface area contributed by atoms with Gasteiger partial charge < -0.3 is 9.47 Å². The lowest BCUT2D eigenvalue weighted by atomic mass is 10.2. The summed E-state index contributed by atoms with van der Waals surface area (Å²) in [6.45, 7) is 2.37. The van der Waals surface area contributed by atoms with Crippen LogP contribution in [0.4, 0.5) is 4.39 Å². The van der Waals surface area contributed by atoms with Crippen molar-refractivity contribution in [3.8, 4) is 11.5 Å². The molecule has 0 saturated carbocycles. The molecule has 0 spiro atoms. The number of carbonyl (C=O) groups excluding carboxylic acids is 1. The van der Waals surface area contributed by atoms with Gasteiger partial charge in [-0.15, -0.1) is 5.10 Å². The number of benzene rings is 2. The quantitative estimate of drug-likeness (QED) is 0.459. The molecule has 1 saturated heterocycles. The van der Waals surface area contributed by atoms with Crippen LogP contribution < -0.4 is 9.47 Å². The van der Waals surface area contributed by atoms with Crippen LogP contribution in [0.15, 0.2) is 52.7 Å². The summed E-state index contributed by atoms with van der Waals surface area (Å²) in [4.78, 5) is 14.4. The third kappa shape index (κ3) is 5.18. The summed E-state index contributed by atoms with van der Waals surface area (Å²) in [5, 5.41) is 8.85. The van der Waals surface area contributed by atoms with Crippen LogP contribution in [0.3, 0.4) is 0 Å². The maximum absolute atomic E-state index is 13.2. The van der Waals surface area contributed by atoms with Gasteiger partial charge in [0.05, 0.1) is 32.2 Å². The van der Waals surface area contributed by atoms with Gasteiger partial charge in [-0.3, -0.25) is 9.69 Å². The van der Waals surface area contributed by atoms with Crippen LogP contribution in [0.1, 0.15) is 30.9 Å². The second-order valence-corrected chi connectivity index (χ2v) is 7.86. The summed E-state index contributed by atoms with van der Waals surface area (Å²) in [6.07, 6.45) is 3.26. The van der Waals surface area contributed by atoms with Gasteiger partial charge in [-0.2, -0.15) is 5.10 Å². The number of amides is 1. The molecule has 0 N–H and O–H groups in total. The van der Waals surface area contributed by atoms with Gasteiger partial charge >= 0.3 is 0 Å². The molecule has 6 nitrogen and oxygen atoms in total. The third-order valence-electron chi connectivity index (χ3n) is 4.58. The van der Waals surface area contributed by atoms with Crippen LogP contribution in [-0.4, -0.2) is 41.7 Å². The zero-order valence-corrected chi connectivity index (χ0v) is 18.0. The van der Waals surface area contributed by atoms with E-state index < -0.39 is 0 Å². The van der Waals surface area contributed by atoms with E-state index in [0.29, 0.717) is 23.2 Å². The zero-order chi connectivity index (χ0) is 21.5. The zero-order valence-electron chi connectivity index (χ0n) is 17.2. The molecule has 1 atom stereocenters. The van der Waals surface area contributed by atoms with E-state index in [9.17, 15) is 9.18 Å². The van der Waals surface area contributed by atoms with Crippen molar-refractivity contribution in [3.63, 3.8) is 0 Å². The van der Waals surface area contributed by atoms with Crippen molar-refractivity contribution in [3.05, 3.63) is 59.4 Å². The normalized spacial score (nSPS) is 17.9. The first-order valence-corrected chi connectivity index (χ1v) is 10.5. The van der Waals surface area contributed by atoms with E-state index in [1.165, 1.54) is 23.9 Å². The Labute approximate surface area is 179 Å². The highest BCUT2D eigenvalue weighted by molar-refractivity contribution is 8.15. The molecule has 158 valence electrons. The fourth-order valence-corrected chi connectivity index (χ4v) is 4.24. The number of hydrogen-bond donors (Lipinski definition) is 0. The van der Waals surface area contributed by atoms with Crippen molar-refractivity contribution in [2.75, 3.05) is 14.2 Å². The van der Waals surface area contributed by atoms with Crippen LogP contribution in [0.25, 0.3) is 0 Å². The Balaban J connectivity index is 1.81. The first-order chi connectivity index (χ1) is 14.5. The summed E-state index contributed by atoms with van der Waals surface area (Å²) in [5.41, 5.74) is 1.63. The van der Waals surface area contributed by atoms with Crippen molar-refractivity contribution in [1.82, 2.24) is 4.90 Å². The SMILES string of the molecule is CCC[C@@H]1S/C(=N/N=C\c2ccc(OC)c(OC)c2)N(Cc2ccc(F)cc2)C1=O. The summed E-state index contributed by atoms with van der Waals surface area (Å²) < 4.78 is 23.7. The van der Waals surface area contributed by atoms with Crippen molar-refractivity contribution in [2.45, 2.75) is 31.6 Å². The van der Waals surface area contributed by atoms with E-state index in [1.807, 2.05) is 13.0 Å². The fourth-order valence-electron chi connectivity index (χ4n) is 3.03. The molecular weight excluding hydrogens is 405 g/mol. The van der Waals surface area contributed by atoms with Crippen molar-refractivity contribution in [1.29, 1.82) is 0 Å². The van der Waals surface area contributed by atoms with Gasteiger partial charge in [0.1, 0.15) is 5.82 Å². The van der Waals surface area contributed by atoms with Gasteiger partial charge in [0.15, 0.2) is 16.7 Å². The monoisotopic (exact) mass is 429 g/mol. The average molecular weight is 430 g/mol. The Bertz CT molecular complexity index is 947.